The number of rotatable bonds is 8. The minimum atomic E-state index is -0.263. The zero-order valence-electron chi connectivity index (χ0n) is 17.6. The van der Waals surface area contributed by atoms with E-state index in [2.05, 4.69) is 28.0 Å². The summed E-state index contributed by atoms with van der Waals surface area (Å²) in [6, 6.07) is 25.3. The van der Waals surface area contributed by atoms with E-state index in [1.807, 2.05) is 72.4 Å². The number of hydrazone groups is 1. The Balaban J connectivity index is 1.53. The highest BCUT2D eigenvalue weighted by Gasteiger charge is 2.06. The van der Waals surface area contributed by atoms with Gasteiger partial charge in [-0.15, -0.1) is 0 Å². The average molecular weight is 432 g/mol. The molecule has 2 N–H and O–H groups in total. The van der Waals surface area contributed by atoms with E-state index < -0.39 is 0 Å². The van der Waals surface area contributed by atoms with Crippen LogP contribution in [0.5, 0.6) is 0 Å². The molecule has 0 saturated heterocycles. The van der Waals surface area contributed by atoms with Crippen LogP contribution >= 0.6 is 11.8 Å². The van der Waals surface area contributed by atoms with Crippen LogP contribution in [0, 0.1) is 0 Å². The number of nitrogens with one attached hydrogen (secondary N) is 2. The van der Waals surface area contributed by atoms with Crippen LogP contribution in [0.2, 0.25) is 0 Å². The van der Waals surface area contributed by atoms with E-state index in [9.17, 15) is 9.59 Å². The van der Waals surface area contributed by atoms with Crippen molar-refractivity contribution >= 4 is 35.0 Å². The van der Waals surface area contributed by atoms with Gasteiger partial charge in [0.15, 0.2) is 0 Å². The van der Waals surface area contributed by atoms with E-state index in [0.717, 1.165) is 17.1 Å². The van der Waals surface area contributed by atoms with Crippen LogP contribution in [0.3, 0.4) is 0 Å². The van der Waals surface area contributed by atoms with Gasteiger partial charge in [-0.05, 0) is 47.9 Å². The van der Waals surface area contributed by atoms with Gasteiger partial charge in [0.2, 0.25) is 5.91 Å². The van der Waals surface area contributed by atoms with E-state index in [0.29, 0.717) is 17.0 Å². The lowest BCUT2D eigenvalue weighted by Gasteiger charge is -2.07. The van der Waals surface area contributed by atoms with Crippen LogP contribution < -0.4 is 10.7 Å². The molecule has 0 fully saturated rings. The molecule has 0 unspecified atom stereocenters. The Hall–Kier alpha value is -3.38. The van der Waals surface area contributed by atoms with Gasteiger partial charge < -0.3 is 5.32 Å². The zero-order chi connectivity index (χ0) is 22.1. The molecule has 0 radical (unpaired) electrons. The molecule has 31 heavy (non-hydrogen) atoms. The molecule has 0 spiro atoms. The highest BCUT2D eigenvalue weighted by atomic mass is 32.2. The summed E-state index contributed by atoms with van der Waals surface area (Å²) in [4.78, 5) is 23.6. The minimum absolute atomic E-state index is 0.137. The molecule has 5 nitrogen and oxygen atoms in total. The van der Waals surface area contributed by atoms with Crippen molar-refractivity contribution in [3.8, 4) is 0 Å². The predicted octanol–water partition coefficient (Wildman–Crippen LogP) is 5.23. The molecule has 0 saturated carbocycles. The van der Waals surface area contributed by atoms with Gasteiger partial charge in [0.1, 0.15) is 0 Å². The van der Waals surface area contributed by atoms with Crippen LogP contribution in [-0.4, -0.2) is 17.5 Å². The number of carbonyl (C=O) groups is 2. The third-order valence-electron chi connectivity index (χ3n) is 4.52. The Morgan fingerprint density at radius 1 is 0.806 bits per heavy atom. The van der Waals surface area contributed by atoms with E-state index in [1.54, 1.807) is 13.0 Å². The number of carbonyl (C=O) groups excluding carboxylic acids is 2. The highest BCUT2D eigenvalue weighted by Crippen LogP contribution is 2.18. The molecular weight excluding hydrogens is 406 g/mol. The number of thioether (sulfide) groups is 1. The van der Waals surface area contributed by atoms with Crippen molar-refractivity contribution in [1.82, 2.24) is 5.43 Å². The van der Waals surface area contributed by atoms with Gasteiger partial charge in [0.25, 0.3) is 5.91 Å². The molecule has 3 aromatic rings. The van der Waals surface area contributed by atoms with Crippen LogP contribution in [-0.2, 0) is 16.3 Å². The molecule has 2 amide bonds. The lowest BCUT2D eigenvalue weighted by Crippen LogP contribution is -2.19. The molecule has 0 aliphatic rings. The quantitative estimate of drug-likeness (QED) is 0.379. The maximum absolute atomic E-state index is 12.4. The predicted molar refractivity (Wildman–Crippen MR) is 128 cm³/mol. The molecule has 0 aliphatic carbocycles. The second-order valence-corrected chi connectivity index (χ2v) is 8.06. The molecule has 0 heterocycles. The van der Waals surface area contributed by atoms with Crippen LogP contribution in [0.1, 0.15) is 40.9 Å². The normalized spacial score (nSPS) is 11.1. The second kappa shape index (κ2) is 11.1. The highest BCUT2D eigenvalue weighted by molar-refractivity contribution is 7.97. The maximum atomic E-state index is 12.4. The summed E-state index contributed by atoms with van der Waals surface area (Å²) in [5, 5.41) is 6.93. The van der Waals surface area contributed by atoms with Crippen molar-refractivity contribution in [2.24, 2.45) is 5.10 Å². The topological polar surface area (TPSA) is 70.6 Å². The van der Waals surface area contributed by atoms with E-state index >= 15 is 0 Å². The Bertz CT molecular complexity index is 1060. The molecule has 3 aromatic carbocycles. The Morgan fingerprint density at radius 3 is 2.16 bits per heavy atom. The number of hydrogen-bond donors (Lipinski definition) is 2. The number of benzene rings is 3. The zero-order valence-corrected chi connectivity index (χ0v) is 18.4. The fourth-order valence-electron chi connectivity index (χ4n) is 2.90. The number of amides is 2. The fourth-order valence-corrected chi connectivity index (χ4v) is 3.86. The number of nitrogens with zero attached hydrogens (tertiary/aromatic N) is 1. The van der Waals surface area contributed by atoms with Gasteiger partial charge in [-0.3, -0.25) is 9.59 Å². The molecule has 3 rings (SSSR count). The summed E-state index contributed by atoms with van der Waals surface area (Å²) < 4.78 is 0. The monoisotopic (exact) mass is 431 g/mol. The van der Waals surface area contributed by atoms with Crippen LogP contribution in [0.25, 0.3) is 0 Å². The van der Waals surface area contributed by atoms with Gasteiger partial charge in [-0.1, -0.05) is 54.6 Å². The van der Waals surface area contributed by atoms with Crippen molar-refractivity contribution in [3.05, 3.63) is 101 Å². The molecular formula is C25H25N3O2S. The molecule has 6 heteroatoms. The first-order valence-corrected chi connectivity index (χ1v) is 11.1. The number of anilines is 1. The molecule has 0 atom stereocenters. The van der Waals surface area contributed by atoms with E-state index in [1.165, 1.54) is 18.1 Å². The fraction of sp³-hybridized carbons (Fsp3) is 0.160. The Kier molecular flexibility index (Phi) is 8.01. The van der Waals surface area contributed by atoms with Gasteiger partial charge in [-0.25, -0.2) is 5.43 Å². The summed E-state index contributed by atoms with van der Waals surface area (Å²) in [7, 11) is 0. The summed E-state index contributed by atoms with van der Waals surface area (Å²) in [5.41, 5.74) is 7.78. The first-order valence-electron chi connectivity index (χ1n) is 9.94. The van der Waals surface area contributed by atoms with E-state index in [4.69, 9.17) is 0 Å². The summed E-state index contributed by atoms with van der Waals surface area (Å²) >= 11 is 1.84. The van der Waals surface area contributed by atoms with Gasteiger partial charge in [-0.2, -0.15) is 16.9 Å². The largest absolute Gasteiger partial charge is 0.326 e. The minimum Gasteiger partial charge on any atom is -0.326 e. The lowest BCUT2D eigenvalue weighted by atomic mass is 10.1. The Labute approximate surface area is 187 Å². The first-order chi connectivity index (χ1) is 15.0. The summed E-state index contributed by atoms with van der Waals surface area (Å²) in [6.07, 6.45) is 0. The van der Waals surface area contributed by atoms with Crippen molar-refractivity contribution in [2.45, 2.75) is 25.4 Å². The second-order valence-electron chi connectivity index (χ2n) is 7.08. The van der Waals surface area contributed by atoms with E-state index in [-0.39, 0.29) is 11.8 Å². The van der Waals surface area contributed by atoms with Crippen LogP contribution in [0.15, 0.2) is 84.0 Å². The summed E-state index contributed by atoms with van der Waals surface area (Å²) in [6.45, 7) is 3.27. The summed E-state index contributed by atoms with van der Waals surface area (Å²) in [5.74, 6) is 1.45. The molecule has 0 aliphatic heterocycles. The maximum Gasteiger partial charge on any atom is 0.271 e. The molecule has 158 valence electrons. The van der Waals surface area contributed by atoms with Crippen LogP contribution in [0.4, 0.5) is 5.69 Å². The first kappa shape index (κ1) is 22.3. The van der Waals surface area contributed by atoms with Crippen molar-refractivity contribution in [3.63, 3.8) is 0 Å². The third kappa shape index (κ3) is 7.12. The smallest absolute Gasteiger partial charge is 0.271 e. The van der Waals surface area contributed by atoms with Crippen molar-refractivity contribution in [1.29, 1.82) is 0 Å². The average Bonchev–Trinajstić information content (AvgIpc) is 2.78. The van der Waals surface area contributed by atoms with Crippen molar-refractivity contribution < 1.29 is 9.59 Å². The standard InChI is InChI=1S/C25H25N3O2S/c1-18(23-9-6-10-24(15-23)26-19(2)29)27-28-25(30)22-13-11-21(12-14-22)17-31-16-20-7-4-3-5-8-20/h3-15H,16-17H2,1-2H3,(H,26,29)(H,28,30)/b27-18-. The molecule has 0 bridgehead atoms. The van der Waals surface area contributed by atoms with Gasteiger partial charge in [0.05, 0.1) is 5.71 Å². The van der Waals surface area contributed by atoms with Gasteiger partial charge in [0, 0.05) is 29.7 Å². The number of hydrogen-bond acceptors (Lipinski definition) is 4. The SMILES string of the molecule is CC(=O)Nc1cccc(/C(C)=N\NC(=O)c2ccc(CSCc3ccccc3)cc2)c1. The Morgan fingerprint density at radius 2 is 1.48 bits per heavy atom. The van der Waals surface area contributed by atoms with Crippen molar-refractivity contribution in [2.75, 3.05) is 5.32 Å². The lowest BCUT2D eigenvalue weighted by molar-refractivity contribution is -0.114. The third-order valence-corrected chi connectivity index (χ3v) is 5.60. The molecule has 0 aromatic heterocycles. The van der Waals surface area contributed by atoms with Gasteiger partial charge >= 0.3 is 0 Å².